The molecule has 30 heavy (non-hydrogen) atoms. The fourth-order valence-electron chi connectivity index (χ4n) is 4.14. The molecule has 2 atom stereocenters. The molecule has 3 aliphatic heterocycles. The number of likely N-dealkylation sites (tertiary alicyclic amines) is 1. The molecule has 1 N–H and O–H groups in total. The van der Waals surface area contributed by atoms with Crippen LogP contribution in [0.15, 0.2) is 23.2 Å². The van der Waals surface area contributed by atoms with E-state index < -0.39 is 32.0 Å². The summed E-state index contributed by atoms with van der Waals surface area (Å²) < 4.78 is 27.6. The van der Waals surface area contributed by atoms with Crippen molar-refractivity contribution in [1.82, 2.24) is 10.2 Å². The third kappa shape index (κ3) is 3.74. The number of anilines is 1. The maximum absolute atomic E-state index is 13.0. The van der Waals surface area contributed by atoms with Crippen LogP contribution in [0.2, 0.25) is 5.02 Å². The predicted molar refractivity (Wildman–Crippen MR) is 116 cm³/mol. The number of sulfone groups is 1. The number of nitrogens with zero attached hydrogens (tertiary/aromatic N) is 3. The number of carbonyl (C=O) groups is 2. The monoisotopic (exact) mass is 472 g/mol. The number of aliphatic imine (C=N–C) groups is 1. The summed E-state index contributed by atoms with van der Waals surface area (Å²) in [6.07, 6.45) is 1.43. The zero-order chi connectivity index (χ0) is 21.7. The Labute approximate surface area is 183 Å². The first kappa shape index (κ1) is 21.3. The molecule has 1 aromatic rings. The van der Waals surface area contributed by atoms with Gasteiger partial charge in [0.2, 0.25) is 0 Å². The third-order valence-electron chi connectivity index (χ3n) is 5.63. The van der Waals surface area contributed by atoms with Crippen molar-refractivity contribution in [3.8, 4) is 0 Å². The van der Waals surface area contributed by atoms with Gasteiger partial charge in [-0.25, -0.2) is 18.0 Å². The van der Waals surface area contributed by atoms with Gasteiger partial charge in [0.1, 0.15) is 4.58 Å². The number of benzene rings is 1. The molecular formula is C18H21ClN4O5S2. The SMILES string of the molecule is COC(=O)N1CCC2(C1)CN(C(=O)NC1=NCC(S(C)(=O)=O)S1)c1ccc(Cl)cc12. The van der Waals surface area contributed by atoms with Crippen molar-refractivity contribution in [2.45, 2.75) is 16.4 Å². The van der Waals surface area contributed by atoms with E-state index in [1.807, 2.05) is 6.07 Å². The van der Waals surface area contributed by atoms with Gasteiger partial charge in [0.25, 0.3) is 0 Å². The van der Waals surface area contributed by atoms with E-state index in [1.54, 1.807) is 21.9 Å². The zero-order valence-electron chi connectivity index (χ0n) is 16.4. The lowest BCUT2D eigenvalue weighted by atomic mass is 9.81. The Morgan fingerprint density at radius 3 is 2.80 bits per heavy atom. The molecule has 0 aliphatic carbocycles. The molecule has 1 aromatic carbocycles. The molecule has 1 spiro atoms. The second kappa shape index (κ2) is 7.61. The van der Waals surface area contributed by atoms with E-state index >= 15 is 0 Å². The lowest BCUT2D eigenvalue weighted by Crippen LogP contribution is -2.45. The molecule has 2 unspecified atom stereocenters. The van der Waals surface area contributed by atoms with Gasteiger partial charge in [0.05, 0.1) is 13.7 Å². The van der Waals surface area contributed by atoms with Gasteiger partial charge in [0.15, 0.2) is 15.0 Å². The van der Waals surface area contributed by atoms with Crippen LogP contribution in [-0.4, -0.2) is 74.7 Å². The minimum absolute atomic E-state index is 0.114. The highest BCUT2D eigenvalue weighted by atomic mass is 35.5. The fourth-order valence-corrected chi connectivity index (χ4v) is 6.32. The Bertz CT molecular complexity index is 1050. The van der Waals surface area contributed by atoms with Crippen LogP contribution in [0.5, 0.6) is 0 Å². The van der Waals surface area contributed by atoms with Crippen LogP contribution in [0.25, 0.3) is 0 Å². The molecule has 9 nitrogen and oxygen atoms in total. The Kier molecular flexibility index (Phi) is 5.39. The molecule has 3 amide bonds. The van der Waals surface area contributed by atoms with Gasteiger partial charge in [-0.15, -0.1) is 0 Å². The molecule has 1 fully saturated rings. The summed E-state index contributed by atoms with van der Waals surface area (Å²) in [7, 11) is -1.92. The number of thioether (sulfide) groups is 1. The van der Waals surface area contributed by atoms with Crippen LogP contribution in [0.1, 0.15) is 12.0 Å². The number of hydrogen-bond acceptors (Lipinski definition) is 7. The topological polar surface area (TPSA) is 108 Å². The molecule has 0 saturated carbocycles. The highest BCUT2D eigenvalue weighted by Crippen LogP contribution is 2.47. The van der Waals surface area contributed by atoms with E-state index in [0.29, 0.717) is 36.8 Å². The van der Waals surface area contributed by atoms with Gasteiger partial charge < -0.3 is 9.64 Å². The first-order valence-corrected chi connectivity index (χ1v) is 12.5. The van der Waals surface area contributed by atoms with Crippen molar-refractivity contribution < 1.29 is 22.7 Å². The summed E-state index contributed by atoms with van der Waals surface area (Å²) in [4.78, 5) is 32.4. The van der Waals surface area contributed by atoms with Gasteiger partial charge in [-0.05, 0) is 30.2 Å². The van der Waals surface area contributed by atoms with Crippen LogP contribution < -0.4 is 10.2 Å². The summed E-state index contributed by atoms with van der Waals surface area (Å²) in [5, 5.41) is 3.57. The number of urea groups is 1. The van der Waals surface area contributed by atoms with E-state index in [1.165, 1.54) is 7.11 Å². The number of amidine groups is 1. The summed E-state index contributed by atoms with van der Waals surface area (Å²) in [5.41, 5.74) is 1.18. The molecule has 1 saturated heterocycles. The van der Waals surface area contributed by atoms with Gasteiger partial charge in [-0.3, -0.25) is 15.2 Å². The minimum Gasteiger partial charge on any atom is -0.453 e. The summed E-state index contributed by atoms with van der Waals surface area (Å²) >= 11 is 7.26. The van der Waals surface area contributed by atoms with Crippen molar-refractivity contribution in [3.63, 3.8) is 0 Å². The molecule has 3 aliphatic rings. The van der Waals surface area contributed by atoms with Crippen molar-refractivity contribution in [2.75, 3.05) is 44.4 Å². The highest BCUT2D eigenvalue weighted by Gasteiger charge is 2.50. The normalized spacial score (nSPS) is 25.4. The Morgan fingerprint density at radius 1 is 1.37 bits per heavy atom. The van der Waals surface area contributed by atoms with E-state index in [4.69, 9.17) is 16.3 Å². The van der Waals surface area contributed by atoms with Crippen molar-refractivity contribution >= 4 is 56.2 Å². The quantitative estimate of drug-likeness (QED) is 0.670. The average Bonchev–Trinajstić information content (AvgIpc) is 3.40. The first-order chi connectivity index (χ1) is 14.1. The number of hydrogen-bond donors (Lipinski definition) is 1. The second-order valence-electron chi connectivity index (χ2n) is 7.62. The van der Waals surface area contributed by atoms with Crippen molar-refractivity contribution in [3.05, 3.63) is 28.8 Å². The number of carbonyl (C=O) groups excluding carboxylic acids is 2. The second-order valence-corrected chi connectivity index (χ2v) is 11.8. The van der Waals surface area contributed by atoms with Gasteiger partial charge in [0, 0.05) is 42.0 Å². The largest absolute Gasteiger partial charge is 0.453 e. The fraction of sp³-hybridized carbons (Fsp3) is 0.500. The Hall–Kier alpha value is -1.98. The van der Waals surface area contributed by atoms with Crippen LogP contribution >= 0.6 is 23.4 Å². The number of halogens is 1. The Balaban J connectivity index is 1.56. The lowest BCUT2D eigenvalue weighted by Gasteiger charge is -2.25. The molecule has 3 heterocycles. The van der Waals surface area contributed by atoms with E-state index in [-0.39, 0.29) is 11.7 Å². The number of nitrogens with one attached hydrogen (secondary N) is 1. The summed E-state index contributed by atoms with van der Waals surface area (Å²) in [6.45, 7) is 1.42. The molecule has 12 heteroatoms. The van der Waals surface area contributed by atoms with Gasteiger partial charge in [-0.1, -0.05) is 23.4 Å². The summed E-state index contributed by atoms with van der Waals surface area (Å²) in [5.74, 6) is 0. The van der Waals surface area contributed by atoms with Crippen LogP contribution in [0, 0.1) is 0 Å². The number of rotatable bonds is 1. The smallest absolute Gasteiger partial charge is 0.409 e. The molecule has 162 valence electrons. The van der Waals surface area contributed by atoms with Crippen LogP contribution in [0.3, 0.4) is 0 Å². The third-order valence-corrected chi connectivity index (χ3v) is 9.17. The highest BCUT2D eigenvalue weighted by molar-refractivity contribution is 8.23. The maximum atomic E-state index is 13.0. The predicted octanol–water partition coefficient (Wildman–Crippen LogP) is 2.05. The minimum atomic E-state index is -3.26. The van der Waals surface area contributed by atoms with E-state index in [0.717, 1.165) is 23.6 Å². The maximum Gasteiger partial charge on any atom is 0.409 e. The average molecular weight is 473 g/mol. The van der Waals surface area contributed by atoms with Crippen LogP contribution in [-0.2, 0) is 20.0 Å². The lowest BCUT2D eigenvalue weighted by molar-refractivity contribution is 0.131. The molecule has 0 bridgehead atoms. The number of amides is 3. The number of methoxy groups -OCH3 is 1. The Morgan fingerprint density at radius 2 is 2.13 bits per heavy atom. The van der Waals surface area contributed by atoms with E-state index in [9.17, 15) is 18.0 Å². The van der Waals surface area contributed by atoms with Crippen LogP contribution in [0.4, 0.5) is 15.3 Å². The van der Waals surface area contributed by atoms with Gasteiger partial charge in [-0.2, -0.15) is 0 Å². The molecule has 0 aromatic heterocycles. The van der Waals surface area contributed by atoms with Gasteiger partial charge >= 0.3 is 12.1 Å². The first-order valence-electron chi connectivity index (χ1n) is 9.24. The number of ether oxygens (including phenoxy) is 1. The summed E-state index contributed by atoms with van der Waals surface area (Å²) in [6, 6.07) is 4.95. The van der Waals surface area contributed by atoms with E-state index in [2.05, 4.69) is 10.3 Å². The number of fused-ring (bicyclic) bond motifs is 2. The molecular weight excluding hydrogens is 452 g/mol. The van der Waals surface area contributed by atoms with Crippen molar-refractivity contribution in [1.29, 1.82) is 0 Å². The zero-order valence-corrected chi connectivity index (χ0v) is 18.8. The molecule has 4 rings (SSSR count). The van der Waals surface area contributed by atoms with Crippen molar-refractivity contribution in [2.24, 2.45) is 4.99 Å². The molecule has 0 radical (unpaired) electrons. The standard InChI is InChI=1S/C18H21ClN4O5S2/c1-28-17(25)22-6-5-18(9-22)10-23(13-4-3-11(19)7-12(13)18)16(24)21-15-20-8-14(29-15)30(2,26)27/h3-4,7,14H,5-6,8-10H2,1-2H3,(H,20,21,24).